The van der Waals surface area contributed by atoms with Crippen molar-refractivity contribution in [1.29, 1.82) is 0 Å². The van der Waals surface area contributed by atoms with E-state index in [-0.39, 0.29) is 16.3 Å². The predicted molar refractivity (Wildman–Crippen MR) is 102 cm³/mol. The molecule has 1 aromatic carbocycles. The quantitative estimate of drug-likeness (QED) is 0.715. The van der Waals surface area contributed by atoms with Crippen LogP contribution in [-0.2, 0) is 16.6 Å². The van der Waals surface area contributed by atoms with Crippen molar-refractivity contribution in [2.45, 2.75) is 37.4 Å². The average molecular weight is 377 g/mol. The summed E-state index contributed by atoms with van der Waals surface area (Å²) < 4.78 is 27.4. The number of benzene rings is 1. The van der Waals surface area contributed by atoms with Crippen molar-refractivity contribution >= 4 is 32.3 Å². The molecule has 0 spiro atoms. The van der Waals surface area contributed by atoms with Gasteiger partial charge in [-0.15, -0.1) is 11.3 Å². The molecule has 3 aromatic rings. The fourth-order valence-corrected chi connectivity index (χ4v) is 4.90. The lowest BCUT2D eigenvalue weighted by atomic mass is 10.0. The zero-order chi connectivity index (χ0) is 18.2. The Morgan fingerprint density at radius 1 is 1.16 bits per heavy atom. The summed E-state index contributed by atoms with van der Waals surface area (Å²) in [5, 5.41) is 0.895. The lowest BCUT2D eigenvalue weighted by Gasteiger charge is -2.09. The number of rotatable bonds is 5. The minimum atomic E-state index is -3.61. The molecule has 7 heteroatoms. The molecule has 25 heavy (non-hydrogen) atoms. The van der Waals surface area contributed by atoms with E-state index >= 15 is 0 Å². The number of fused-ring (bicyclic) bond motifs is 1. The van der Waals surface area contributed by atoms with E-state index in [9.17, 15) is 13.2 Å². The molecule has 0 saturated carbocycles. The lowest BCUT2D eigenvalue weighted by Crippen LogP contribution is -2.26. The van der Waals surface area contributed by atoms with E-state index < -0.39 is 10.0 Å². The normalized spacial score (nSPS) is 12.2. The number of aryl methyl sites for hydroxylation is 1. The monoisotopic (exact) mass is 376 g/mol. The Hall–Kier alpha value is -1.96. The Balaban J connectivity index is 1.90. The van der Waals surface area contributed by atoms with Gasteiger partial charge in [0.25, 0.3) is 5.56 Å². The summed E-state index contributed by atoms with van der Waals surface area (Å²) in [5.74, 6) is 0.375. The summed E-state index contributed by atoms with van der Waals surface area (Å²) in [6, 6.07) is 11.0. The van der Waals surface area contributed by atoms with Gasteiger partial charge in [-0.25, -0.2) is 13.1 Å². The number of aromatic nitrogens is 1. The summed E-state index contributed by atoms with van der Waals surface area (Å²) in [6.07, 6.45) is 0. The molecule has 0 atom stereocenters. The molecule has 132 valence electrons. The van der Waals surface area contributed by atoms with Crippen LogP contribution in [-0.4, -0.2) is 13.4 Å². The third kappa shape index (κ3) is 3.84. The Labute approximate surface area is 150 Å². The van der Waals surface area contributed by atoms with Gasteiger partial charge in [0, 0.05) is 22.5 Å². The molecular weight excluding hydrogens is 356 g/mol. The van der Waals surface area contributed by atoms with Gasteiger partial charge in [0.2, 0.25) is 10.0 Å². The van der Waals surface area contributed by atoms with Crippen molar-refractivity contribution in [3.63, 3.8) is 0 Å². The standard InChI is InChI=1S/C18H20N2O3S2/c1-11(2)13-5-6-16-14(8-13)9-15(18(21)20-16)10-19-25(22,23)17-7-4-12(3)24-17/h4-9,11,19H,10H2,1-3H3,(H,20,21). The number of thiophene rings is 1. The number of hydrogen-bond donors (Lipinski definition) is 2. The van der Waals surface area contributed by atoms with E-state index in [1.54, 1.807) is 18.2 Å². The first-order valence-electron chi connectivity index (χ1n) is 7.98. The van der Waals surface area contributed by atoms with Crippen molar-refractivity contribution in [1.82, 2.24) is 9.71 Å². The van der Waals surface area contributed by atoms with E-state index in [0.29, 0.717) is 11.5 Å². The fraction of sp³-hybridized carbons (Fsp3) is 0.278. The maximum absolute atomic E-state index is 12.3. The van der Waals surface area contributed by atoms with E-state index in [0.717, 1.165) is 15.8 Å². The van der Waals surface area contributed by atoms with Crippen LogP contribution in [0.5, 0.6) is 0 Å². The molecule has 0 bridgehead atoms. The first-order chi connectivity index (χ1) is 11.8. The minimum Gasteiger partial charge on any atom is -0.322 e. The van der Waals surface area contributed by atoms with Gasteiger partial charge < -0.3 is 4.98 Å². The van der Waals surface area contributed by atoms with Gasteiger partial charge in [0.05, 0.1) is 0 Å². The van der Waals surface area contributed by atoms with Crippen LogP contribution in [0.2, 0.25) is 0 Å². The maximum atomic E-state index is 12.3. The number of H-pyrrole nitrogens is 1. The highest BCUT2D eigenvalue weighted by atomic mass is 32.2. The Kier molecular flexibility index (Phi) is 4.81. The van der Waals surface area contributed by atoms with Crippen LogP contribution in [0.25, 0.3) is 10.9 Å². The number of pyridine rings is 1. The largest absolute Gasteiger partial charge is 0.322 e. The van der Waals surface area contributed by atoms with Crippen LogP contribution in [0.15, 0.2) is 45.4 Å². The van der Waals surface area contributed by atoms with Crippen LogP contribution in [0.4, 0.5) is 0 Å². The molecule has 0 amide bonds. The first-order valence-corrected chi connectivity index (χ1v) is 10.3. The second-order valence-electron chi connectivity index (χ2n) is 6.31. The highest BCUT2D eigenvalue weighted by Gasteiger charge is 2.16. The number of nitrogens with one attached hydrogen (secondary N) is 2. The van der Waals surface area contributed by atoms with Gasteiger partial charge >= 0.3 is 0 Å². The molecule has 0 saturated heterocycles. The van der Waals surface area contributed by atoms with E-state index in [1.165, 1.54) is 16.9 Å². The third-order valence-electron chi connectivity index (χ3n) is 4.05. The molecule has 0 radical (unpaired) electrons. The van der Waals surface area contributed by atoms with Crippen molar-refractivity contribution in [3.05, 3.63) is 62.8 Å². The van der Waals surface area contributed by atoms with Gasteiger partial charge in [-0.1, -0.05) is 19.9 Å². The molecule has 2 aromatic heterocycles. The summed E-state index contributed by atoms with van der Waals surface area (Å²) in [6.45, 7) is 6.01. The fourth-order valence-electron chi connectivity index (χ4n) is 2.56. The van der Waals surface area contributed by atoms with Gasteiger partial charge in [0.1, 0.15) is 4.21 Å². The average Bonchev–Trinajstić information content (AvgIpc) is 3.00. The van der Waals surface area contributed by atoms with Crippen LogP contribution in [0.3, 0.4) is 0 Å². The topological polar surface area (TPSA) is 79.0 Å². The van der Waals surface area contributed by atoms with Gasteiger partial charge in [-0.05, 0) is 54.1 Å². The molecule has 3 rings (SSSR count). The van der Waals surface area contributed by atoms with Crippen molar-refractivity contribution in [2.24, 2.45) is 0 Å². The molecule has 0 aliphatic rings. The summed E-state index contributed by atoms with van der Waals surface area (Å²) >= 11 is 1.21. The Bertz CT molecular complexity index is 1080. The highest BCUT2D eigenvalue weighted by Crippen LogP contribution is 2.22. The third-order valence-corrected chi connectivity index (χ3v) is 6.94. The lowest BCUT2D eigenvalue weighted by molar-refractivity contribution is 0.583. The summed E-state index contributed by atoms with van der Waals surface area (Å²) in [7, 11) is -3.61. The second kappa shape index (κ2) is 6.74. The van der Waals surface area contributed by atoms with Crippen molar-refractivity contribution in [3.8, 4) is 0 Å². The van der Waals surface area contributed by atoms with Gasteiger partial charge in [-0.3, -0.25) is 4.79 Å². The molecule has 0 fully saturated rings. The number of sulfonamides is 1. The Morgan fingerprint density at radius 3 is 2.56 bits per heavy atom. The maximum Gasteiger partial charge on any atom is 0.252 e. The highest BCUT2D eigenvalue weighted by molar-refractivity contribution is 7.91. The molecule has 0 aliphatic heterocycles. The summed E-state index contributed by atoms with van der Waals surface area (Å²) in [5.41, 5.74) is 2.02. The molecule has 2 heterocycles. The Morgan fingerprint density at radius 2 is 1.92 bits per heavy atom. The second-order valence-corrected chi connectivity index (χ2v) is 9.60. The molecular formula is C18H20N2O3S2. The van der Waals surface area contributed by atoms with Crippen molar-refractivity contribution in [2.75, 3.05) is 0 Å². The zero-order valence-electron chi connectivity index (χ0n) is 14.3. The van der Waals surface area contributed by atoms with Crippen LogP contribution >= 0.6 is 11.3 Å². The van der Waals surface area contributed by atoms with Gasteiger partial charge in [0.15, 0.2) is 0 Å². The van der Waals surface area contributed by atoms with Crippen molar-refractivity contribution < 1.29 is 8.42 Å². The molecule has 2 N–H and O–H groups in total. The van der Waals surface area contributed by atoms with Crippen LogP contribution in [0.1, 0.15) is 35.8 Å². The van der Waals surface area contributed by atoms with Crippen LogP contribution < -0.4 is 10.3 Å². The molecule has 0 unspecified atom stereocenters. The number of aromatic amines is 1. The number of hydrogen-bond acceptors (Lipinski definition) is 4. The van der Waals surface area contributed by atoms with Gasteiger partial charge in [-0.2, -0.15) is 0 Å². The first kappa shape index (κ1) is 17.8. The minimum absolute atomic E-state index is 0.0452. The van der Waals surface area contributed by atoms with E-state index in [4.69, 9.17) is 0 Å². The van der Waals surface area contributed by atoms with E-state index in [1.807, 2.05) is 25.1 Å². The van der Waals surface area contributed by atoms with Crippen LogP contribution in [0, 0.1) is 6.92 Å². The molecule has 0 aliphatic carbocycles. The predicted octanol–water partition coefficient (Wildman–Crippen LogP) is 3.50. The zero-order valence-corrected chi connectivity index (χ0v) is 15.9. The summed E-state index contributed by atoms with van der Waals surface area (Å²) in [4.78, 5) is 16.0. The van der Waals surface area contributed by atoms with E-state index in [2.05, 4.69) is 23.6 Å². The molecule has 5 nitrogen and oxygen atoms in total. The smallest absolute Gasteiger partial charge is 0.252 e. The SMILES string of the molecule is Cc1ccc(S(=O)(=O)NCc2cc3cc(C(C)C)ccc3[nH]c2=O)s1.